The fourth-order valence-corrected chi connectivity index (χ4v) is 4.17. The van der Waals surface area contributed by atoms with Gasteiger partial charge in [-0.15, -0.1) is 0 Å². The second kappa shape index (κ2) is 7.51. The summed E-state index contributed by atoms with van der Waals surface area (Å²) in [5.41, 5.74) is 12.0. The number of unbranched alkanes of at least 4 members (excludes halogenated alkanes) is 1. The van der Waals surface area contributed by atoms with Crippen LogP contribution in [0.25, 0.3) is 33.1 Å². The number of H-pyrrole nitrogens is 1. The molecule has 0 bridgehead atoms. The highest BCUT2D eigenvalue weighted by atomic mass is 35.5. The number of nitrogens with two attached hydrogens (primary N) is 1. The molecule has 0 saturated carbocycles. The van der Waals surface area contributed by atoms with Crippen molar-refractivity contribution in [3.05, 3.63) is 63.8 Å². The van der Waals surface area contributed by atoms with Gasteiger partial charge < -0.3 is 10.7 Å². The number of hydrogen-bond acceptors (Lipinski definition) is 2. The minimum absolute atomic E-state index is 0.676. The smallest absolute Gasteiger partial charge is 0.0711 e. The van der Waals surface area contributed by atoms with E-state index >= 15 is 0 Å². The molecular formula is C22H21Cl2N3. The summed E-state index contributed by atoms with van der Waals surface area (Å²) in [6.45, 7) is 2.69. The van der Waals surface area contributed by atoms with Crippen LogP contribution < -0.4 is 5.73 Å². The largest absolute Gasteiger partial charge is 0.353 e. The van der Waals surface area contributed by atoms with Crippen LogP contribution >= 0.6 is 23.2 Å². The van der Waals surface area contributed by atoms with Gasteiger partial charge in [-0.1, -0.05) is 41.4 Å². The van der Waals surface area contributed by atoms with Gasteiger partial charge in [0.1, 0.15) is 0 Å². The minimum atomic E-state index is 0.676. The molecule has 2 aromatic heterocycles. The van der Waals surface area contributed by atoms with Crippen molar-refractivity contribution < 1.29 is 0 Å². The SMILES string of the molecule is Cc1ccc2c(-c3[nH]c4c(Cl)ccc(Cl)c4c3CCCCN)cccc2n1. The van der Waals surface area contributed by atoms with E-state index in [1.54, 1.807) is 0 Å². The molecule has 2 aromatic carbocycles. The van der Waals surface area contributed by atoms with E-state index in [0.717, 1.165) is 58.0 Å². The van der Waals surface area contributed by atoms with Crippen molar-refractivity contribution in [3.8, 4) is 11.3 Å². The van der Waals surface area contributed by atoms with Crippen molar-refractivity contribution in [1.82, 2.24) is 9.97 Å². The molecule has 4 rings (SSSR count). The van der Waals surface area contributed by atoms with Gasteiger partial charge in [-0.25, -0.2) is 0 Å². The van der Waals surface area contributed by atoms with E-state index in [4.69, 9.17) is 28.9 Å². The Kier molecular flexibility index (Phi) is 5.09. The first-order chi connectivity index (χ1) is 13.1. The third-order valence-corrected chi connectivity index (χ3v) is 5.61. The van der Waals surface area contributed by atoms with Crippen LogP contribution in [0.5, 0.6) is 0 Å². The summed E-state index contributed by atoms with van der Waals surface area (Å²) < 4.78 is 0. The monoisotopic (exact) mass is 397 g/mol. The molecule has 0 atom stereocenters. The van der Waals surface area contributed by atoms with E-state index in [1.807, 2.05) is 37.3 Å². The molecule has 3 nitrogen and oxygen atoms in total. The van der Waals surface area contributed by atoms with Crippen LogP contribution in [0.15, 0.2) is 42.5 Å². The first-order valence-electron chi connectivity index (χ1n) is 9.15. The van der Waals surface area contributed by atoms with E-state index in [0.29, 0.717) is 16.6 Å². The number of aryl methyl sites for hydroxylation is 2. The third kappa shape index (κ3) is 3.31. The molecule has 0 fully saturated rings. The number of fused-ring (bicyclic) bond motifs is 2. The summed E-state index contributed by atoms with van der Waals surface area (Å²) in [4.78, 5) is 8.22. The van der Waals surface area contributed by atoms with E-state index in [-0.39, 0.29) is 0 Å². The lowest BCUT2D eigenvalue weighted by Crippen LogP contribution is -1.99. The van der Waals surface area contributed by atoms with Crippen molar-refractivity contribution in [2.75, 3.05) is 6.54 Å². The van der Waals surface area contributed by atoms with Crippen LogP contribution in [-0.2, 0) is 6.42 Å². The van der Waals surface area contributed by atoms with E-state index in [9.17, 15) is 0 Å². The summed E-state index contributed by atoms with van der Waals surface area (Å²) >= 11 is 13.1. The van der Waals surface area contributed by atoms with E-state index in [1.165, 1.54) is 5.56 Å². The first-order valence-corrected chi connectivity index (χ1v) is 9.91. The second-order valence-electron chi connectivity index (χ2n) is 6.83. The molecule has 2 heterocycles. The summed E-state index contributed by atoms with van der Waals surface area (Å²) in [5.74, 6) is 0. The highest BCUT2D eigenvalue weighted by molar-refractivity contribution is 6.40. The van der Waals surface area contributed by atoms with Gasteiger partial charge in [-0.2, -0.15) is 0 Å². The summed E-state index contributed by atoms with van der Waals surface area (Å²) in [5, 5.41) is 3.51. The van der Waals surface area contributed by atoms with Gasteiger partial charge in [0.15, 0.2) is 0 Å². The lowest BCUT2D eigenvalue weighted by Gasteiger charge is -2.09. The number of halogens is 2. The van der Waals surface area contributed by atoms with Gasteiger partial charge in [-0.3, -0.25) is 4.98 Å². The zero-order chi connectivity index (χ0) is 19.0. The average molecular weight is 398 g/mol. The molecule has 0 aliphatic carbocycles. The minimum Gasteiger partial charge on any atom is -0.353 e. The average Bonchev–Trinajstić information content (AvgIpc) is 3.05. The van der Waals surface area contributed by atoms with Crippen LogP contribution in [-0.4, -0.2) is 16.5 Å². The van der Waals surface area contributed by atoms with Crippen molar-refractivity contribution in [2.24, 2.45) is 5.73 Å². The number of nitrogens with zero attached hydrogens (tertiary/aromatic N) is 1. The van der Waals surface area contributed by atoms with Crippen LogP contribution in [0.1, 0.15) is 24.1 Å². The number of benzene rings is 2. The van der Waals surface area contributed by atoms with Gasteiger partial charge in [0, 0.05) is 22.0 Å². The van der Waals surface area contributed by atoms with Gasteiger partial charge in [0.25, 0.3) is 0 Å². The fourth-order valence-electron chi connectivity index (χ4n) is 3.70. The lowest BCUT2D eigenvalue weighted by molar-refractivity contribution is 0.748. The third-order valence-electron chi connectivity index (χ3n) is 4.98. The molecule has 5 heteroatoms. The molecule has 3 N–H and O–H groups in total. The quantitative estimate of drug-likeness (QED) is 0.389. The number of rotatable bonds is 5. The molecular weight excluding hydrogens is 377 g/mol. The Morgan fingerprint density at radius 3 is 2.63 bits per heavy atom. The van der Waals surface area contributed by atoms with E-state index < -0.39 is 0 Å². The Hall–Kier alpha value is -2.07. The normalized spacial score (nSPS) is 11.6. The summed E-state index contributed by atoms with van der Waals surface area (Å²) in [6, 6.07) is 14.1. The van der Waals surface area contributed by atoms with Gasteiger partial charge in [0.05, 0.1) is 26.8 Å². The van der Waals surface area contributed by atoms with Crippen LogP contribution in [0.3, 0.4) is 0 Å². The number of pyridine rings is 1. The molecule has 0 radical (unpaired) electrons. The first kappa shape index (κ1) is 18.3. The number of aromatic nitrogens is 2. The topological polar surface area (TPSA) is 54.7 Å². The van der Waals surface area contributed by atoms with Gasteiger partial charge >= 0.3 is 0 Å². The lowest BCUT2D eigenvalue weighted by atomic mass is 9.97. The highest BCUT2D eigenvalue weighted by Crippen LogP contribution is 2.40. The van der Waals surface area contributed by atoms with Gasteiger partial charge in [-0.05, 0) is 62.6 Å². The van der Waals surface area contributed by atoms with Crippen LogP contribution in [0.2, 0.25) is 10.0 Å². The van der Waals surface area contributed by atoms with Crippen LogP contribution in [0, 0.1) is 6.92 Å². The standard InChI is InChI=1S/C22H21Cl2N3/c1-13-8-9-14-15(6-4-7-19(14)26-13)21-16(5-2-3-12-25)20-17(23)10-11-18(24)22(20)27-21/h4,6-11,27H,2-3,5,12,25H2,1H3. The molecule has 4 aromatic rings. The Labute approximate surface area is 168 Å². The van der Waals surface area contributed by atoms with Crippen molar-refractivity contribution >= 4 is 45.0 Å². The predicted octanol–water partition coefficient (Wildman–Crippen LogP) is 6.28. The van der Waals surface area contributed by atoms with Gasteiger partial charge in [0.2, 0.25) is 0 Å². The Morgan fingerprint density at radius 2 is 1.81 bits per heavy atom. The Bertz CT molecular complexity index is 1130. The molecule has 0 spiro atoms. The van der Waals surface area contributed by atoms with Crippen LogP contribution in [0.4, 0.5) is 0 Å². The number of nitrogens with one attached hydrogen (secondary N) is 1. The molecule has 0 aliphatic heterocycles. The fraction of sp³-hybridized carbons (Fsp3) is 0.227. The maximum atomic E-state index is 6.57. The van der Waals surface area contributed by atoms with Crippen molar-refractivity contribution in [2.45, 2.75) is 26.2 Å². The molecule has 0 saturated heterocycles. The zero-order valence-corrected chi connectivity index (χ0v) is 16.7. The summed E-state index contributed by atoms with van der Waals surface area (Å²) in [7, 11) is 0. The maximum Gasteiger partial charge on any atom is 0.0711 e. The van der Waals surface area contributed by atoms with Crippen molar-refractivity contribution in [3.63, 3.8) is 0 Å². The molecule has 0 aliphatic rings. The molecule has 0 unspecified atom stereocenters. The van der Waals surface area contributed by atoms with Crippen molar-refractivity contribution in [1.29, 1.82) is 0 Å². The van der Waals surface area contributed by atoms with E-state index in [2.05, 4.69) is 22.1 Å². The number of aromatic amines is 1. The maximum absolute atomic E-state index is 6.57. The zero-order valence-electron chi connectivity index (χ0n) is 15.2. The highest BCUT2D eigenvalue weighted by Gasteiger charge is 2.19. The second-order valence-corrected chi connectivity index (χ2v) is 7.64. The molecule has 27 heavy (non-hydrogen) atoms. The molecule has 138 valence electrons. The summed E-state index contributed by atoms with van der Waals surface area (Å²) in [6.07, 6.45) is 2.87. The Morgan fingerprint density at radius 1 is 1.00 bits per heavy atom. The molecule has 0 amide bonds. The predicted molar refractivity (Wildman–Crippen MR) is 116 cm³/mol. The Balaban J connectivity index is 2.00. The number of hydrogen-bond donors (Lipinski definition) is 2.